The van der Waals surface area contributed by atoms with Gasteiger partial charge in [-0.2, -0.15) is 13.2 Å². The minimum Gasteiger partial charge on any atom is -0.282 e. The molecule has 150 valence electrons. The summed E-state index contributed by atoms with van der Waals surface area (Å²) < 4.78 is 40.2. The van der Waals surface area contributed by atoms with Gasteiger partial charge in [-0.1, -0.05) is 0 Å². The molecule has 2 N–H and O–H groups in total. The number of benzene rings is 1. The molecule has 8 nitrogen and oxygen atoms in total. The summed E-state index contributed by atoms with van der Waals surface area (Å²) in [6, 6.07) is 5.23. The third-order valence-corrected chi connectivity index (χ3v) is 3.67. The first kappa shape index (κ1) is 20.0. The second-order valence-corrected chi connectivity index (χ2v) is 6.11. The second-order valence-electron chi connectivity index (χ2n) is 6.11. The highest BCUT2D eigenvalue weighted by Gasteiger charge is 2.31. The highest BCUT2D eigenvalue weighted by atomic mass is 19.4. The minimum absolute atomic E-state index is 0.110. The molecule has 0 aliphatic rings. The highest BCUT2D eigenvalue weighted by molar-refractivity contribution is 5.90. The molecule has 29 heavy (non-hydrogen) atoms. The van der Waals surface area contributed by atoms with Crippen LogP contribution >= 0.6 is 0 Å². The maximum absolute atomic E-state index is 13.0. The van der Waals surface area contributed by atoms with Crippen LogP contribution in [0.1, 0.15) is 16.8 Å². The Morgan fingerprint density at radius 3 is 2.62 bits per heavy atom. The number of carbonyl (C=O) groups excluding carboxylic acids is 1. The number of carbonyl (C=O) groups is 1. The van der Waals surface area contributed by atoms with E-state index in [2.05, 4.69) is 30.9 Å². The zero-order chi connectivity index (χ0) is 21.0. The van der Waals surface area contributed by atoms with Gasteiger partial charge in [0, 0.05) is 29.6 Å². The molecule has 1 amide bonds. The third kappa shape index (κ3) is 5.37. The van der Waals surface area contributed by atoms with Crippen LogP contribution in [0.4, 0.5) is 19.0 Å². The van der Waals surface area contributed by atoms with E-state index in [-0.39, 0.29) is 11.4 Å². The average molecular weight is 403 g/mol. The van der Waals surface area contributed by atoms with Crippen molar-refractivity contribution in [2.75, 3.05) is 5.43 Å². The zero-order valence-electron chi connectivity index (χ0n) is 15.4. The fourth-order valence-electron chi connectivity index (χ4n) is 2.39. The summed E-state index contributed by atoms with van der Waals surface area (Å²) in [5.74, 6) is 0.0364. The van der Waals surface area contributed by atoms with Crippen molar-refractivity contribution in [2.24, 2.45) is 0 Å². The van der Waals surface area contributed by atoms with Crippen molar-refractivity contribution in [1.29, 1.82) is 0 Å². The first-order chi connectivity index (χ1) is 13.7. The molecule has 0 aliphatic heterocycles. The van der Waals surface area contributed by atoms with E-state index in [1.165, 1.54) is 29.6 Å². The van der Waals surface area contributed by atoms with E-state index in [0.29, 0.717) is 11.4 Å². The minimum atomic E-state index is -4.46. The fraction of sp³-hybridized carbons (Fsp3) is 0.167. The van der Waals surface area contributed by atoms with Gasteiger partial charge in [0.1, 0.15) is 18.5 Å². The van der Waals surface area contributed by atoms with Crippen LogP contribution in [0, 0.1) is 13.8 Å². The molecule has 0 spiro atoms. The van der Waals surface area contributed by atoms with E-state index in [1.54, 1.807) is 26.0 Å². The number of nitrogens with zero attached hydrogens (tertiary/aromatic N) is 5. The number of anilines is 1. The summed E-state index contributed by atoms with van der Waals surface area (Å²) in [6.45, 7) is 3.34. The van der Waals surface area contributed by atoms with E-state index in [1.807, 2.05) is 0 Å². The number of rotatable bonds is 5. The van der Waals surface area contributed by atoms with E-state index in [4.69, 9.17) is 0 Å². The number of aromatic nitrogens is 5. The summed E-state index contributed by atoms with van der Waals surface area (Å²) in [6.07, 6.45) is 0.675. The van der Waals surface area contributed by atoms with Crippen LogP contribution < -0.4 is 10.9 Å². The van der Waals surface area contributed by atoms with Crippen LogP contribution in [0.5, 0.6) is 0 Å². The Bertz CT molecular complexity index is 1060. The lowest BCUT2D eigenvalue weighted by atomic mass is 10.1. The molecule has 3 rings (SSSR count). The molecule has 0 radical (unpaired) electrons. The third-order valence-electron chi connectivity index (χ3n) is 3.67. The van der Waals surface area contributed by atoms with Crippen LogP contribution in [-0.4, -0.2) is 30.6 Å². The quantitative estimate of drug-likeness (QED) is 0.502. The molecular formula is C18H16F3N7O. The molecule has 2 aromatic heterocycles. The molecule has 0 atom stereocenters. The zero-order valence-corrected chi connectivity index (χ0v) is 15.4. The molecule has 11 heteroatoms. The Morgan fingerprint density at radius 2 is 1.90 bits per heavy atom. The molecule has 0 aliphatic carbocycles. The maximum Gasteiger partial charge on any atom is 0.416 e. The molecule has 0 saturated carbocycles. The number of hydrazine groups is 1. The van der Waals surface area contributed by atoms with Gasteiger partial charge in [0.2, 0.25) is 0 Å². The lowest BCUT2D eigenvalue weighted by Gasteiger charge is -2.09. The average Bonchev–Trinajstić information content (AvgIpc) is 3.13. The van der Waals surface area contributed by atoms with Crippen molar-refractivity contribution in [2.45, 2.75) is 20.0 Å². The topological polar surface area (TPSA) is 97.6 Å². The lowest BCUT2D eigenvalue weighted by molar-refractivity contribution is -0.137. The summed E-state index contributed by atoms with van der Waals surface area (Å²) in [7, 11) is 0. The number of hydrogen-bond donors (Lipinski definition) is 2. The Morgan fingerprint density at radius 1 is 1.10 bits per heavy atom. The molecule has 0 saturated heterocycles. The van der Waals surface area contributed by atoms with Crippen LogP contribution in [0.2, 0.25) is 0 Å². The number of nitrogens with one attached hydrogen (secondary N) is 2. The largest absolute Gasteiger partial charge is 0.416 e. The van der Waals surface area contributed by atoms with Gasteiger partial charge in [-0.3, -0.25) is 15.6 Å². The Balaban J connectivity index is 1.67. The number of halogens is 3. The molecule has 3 aromatic rings. The van der Waals surface area contributed by atoms with Gasteiger partial charge in [-0.15, -0.1) is 5.10 Å². The standard InChI is InChI=1S/C18H16F3N7O/c1-11-5-13(8-14(6-11)18(19,20)21)17-24-10-28(27-17)4-3-16(29)26-25-15-7-12(2)22-9-23-15/h3-10H,1-2H3,(H,26,29)(H,22,23,25)/b4-3-. The van der Waals surface area contributed by atoms with E-state index in [9.17, 15) is 18.0 Å². The molecule has 0 bridgehead atoms. The smallest absolute Gasteiger partial charge is 0.282 e. The normalized spacial score (nSPS) is 11.6. The lowest BCUT2D eigenvalue weighted by Crippen LogP contribution is -2.28. The number of aryl methyl sites for hydroxylation is 2. The van der Waals surface area contributed by atoms with Crippen molar-refractivity contribution in [3.05, 3.63) is 59.8 Å². The van der Waals surface area contributed by atoms with E-state index < -0.39 is 17.6 Å². The SMILES string of the molecule is Cc1cc(-c2ncn(/C=C\C(=O)NNc3cc(C)ncn3)n2)cc(C(F)(F)F)c1. The highest BCUT2D eigenvalue weighted by Crippen LogP contribution is 2.32. The van der Waals surface area contributed by atoms with Crippen LogP contribution in [0.15, 0.2) is 43.0 Å². The van der Waals surface area contributed by atoms with Crippen molar-refractivity contribution in [3.63, 3.8) is 0 Å². The van der Waals surface area contributed by atoms with Gasteiger partial charge in [-0.05, 0) is 37.6 Å². The maximum atomic E-state index is 13.0. The summed E-state index contributed by atoms with van der Waals surface area (Å²) in [4.78, 5) is 23.7. The van der Waals surface area contributed by atoms with Crippen molar-refractivity contribution >= 4 is 17.9 Å². The summed E-state index contributed by atoms with van der Waals surface area (Å²) in [5, 5.41) is 4.08. The number of amides is 1. The summed E-state index contributed by atoms with van der Waals surface area (Å²) in [5.41, 5.74) is 5.66. The second kappa shape index (κ2) is 8.09. The summed E-state index contributed by atoms with van der Waals surface area (Å²) >= 11 is 0. The monoisotopic (exact) mass is 403 g/mol. The van der Waals surface area contributed by atoms with Crippen LogP contribution in [-0.2, 0) is 11.0 Å². The Labute approximate surface area is 163 Å². The molecular weight excluding hydrogens is 387 g/mol. The van der Waals surface area contributed by atoms with Crippen molar-refractivity contribution in [3.8, 4) is 11.4 Å². The predicted molar refractivity (Wildman–Crippen MR) is 99.1 cm³/mol. The van der Waals surface area contributed by atoms with Gasteiger partial charge in [-0.25, -0.2) is 19.6 Å². The van der Waals surface area contributed by atoms with E-state index in [0.717, 1.165) is 17.8 Å². The van der Waals surface area contributed by atoms with Gasteiger partial charge >= 0.3 is 6.18 Å². The predicted octanol–water partition coefficient (Wildman–Crippen LogP) is 2.98. The Hall–Kier alpha value is -3.76. The van der Waals surface area contributed by atoms with Gasteiger partial charge in [0.15, 0.2) is 5.82 Å². The molecule has 0 unspecified atom stereocenters. The van der Waals surface area contributed by atoms with Crippen molar-refractivity contribution in [1.82, 2.24) is 30.2 Å². The fourth-order valence-corrected chi connectivity index (χ4v) is 2.39. The van der Waals surface area contributed by atoms with Crippen LogP contribution in [0.25, 0.3) is 17.6 Å². The molecule has 0 fully saturated rings. The number of hydrogen-bond acceptors (Lipinski definition) is 6. The van der Waals surface area contributed by atoms with E-state index >= 15 is 0 Å². The van der Waals surface area contributed by atoms with Gasteiger partial charge < -0.3 is 0 Å². The van der Waals surface area contributed by atoms with Gasteiger partial charge in [0.05, 0.1) is 5.56 Å². The van der Waals surface area contributed by atoms with Gasteiger partial charge in [0.25, 0.3) is 5.91 Å². The first-order valence-electron chi connectivity index (χ1n) is 8.34. The van der Waals surface area contributed by atoms with Crippen LogP contribution in [0.3, 0.4) is 0 Å². The first-order valence-corrected chi connectivity index (χ1v) is 8.34. The number of alkyl halides is 3. The Kier molecular flexibility index (Phi) is 5.57. The van der Waals surface area contributed by atoms with Crippen molar-refractivity contribution < 1.29 is 18.0 Å². The molecule has 2 heterocycles. The molecule has 1 aromatic carbocycles.